The third-order valence-electron chi connectivity index (χ3n) is 5.71. The largest absolute Gasteiger partial charge is 0.368 e. The summed E-state index contributed by atoms with van der Waals surface area (Å²) in [7, 11) is -3.36. The minimum absolute atomic E-state index is 0.0383. The van der Waals surface area contributed by atoms with Crippen molar-refractivity contribution in [3.63, 3.8) is 0 Å². The first-order valence-corrected chi connectivity index (χ1v) is 10.7. The lowest BCUT2D eigenvalue weighted by Gasteiger charge is -2.49. The number of hydrogen-bond donors (Lipinski definition) is 1. The third-order valence-corrected chi connectivity index (χ3v) is 7.04. The van der Waals surface area contributed by atoms with Crippen LogP contribution in [0.5, 0.6) is 0 Å². The van der Waals surface area contributed by atoms with Crippen LogP contribution in [0.2, 0.25) is 0 Å². The number of imidazole rings is 1. The van der Waals surface area contributed by atoms with E-state index in [-0.39, 0.29) is 12.0 Å². The number of H-pyrrole nitrogens is 1. The van der Waals surface area contributed by atoms with Crippen molar-refractivity contribution in [2.24, 2.45) is 0 Å². The zero-order valence-electron chi connectivity index (χ0n) is 14.4. The number of aromatic amines is 1. The van der Waals surface area contributed by atoms with Gasteiger partial charge in [0.1, 0.15) is 6.10 Å². The molecule has 4 rings (SSSR count). The van der Waals surface area contributed by atoms with Crippen LogP contribution >= 0.6 is 0 Å². The fraction of sp³-hybridized carbons (Fsp3) is 0.750. The lowest BCUT2D eigenvalue weighted by molar-refractivity contribution is -0.143. The van der Waals surface area contributed by atoms with Crippen molar-refractivity contribution in [2.45, 2.75) is 43.7 Å². The van der Waals surface area contributed by atoms with E-state index in [4.69, 9.17) is 4.74 Å². The first-order chi connectivity index (χ1) is 11.9. The molecule has 1 aromatic rings. The van der Waals surface area contributed by atoms with E-state index in [1.807, 2.05) is 4.90 Å². The van der Waals surface area contributed by atoms with Gasteiger partial charge < -0.3 is 14.6 Å². The maximum atomic E-state index is 12.6. The normalized spacial score (nSPS) is 26.8. The second kappa shape index (κ2) is 6.07. The van der Waals surface area contributed by atoms with Gasteiger partial charge in [0.15, 0.2) is 0 Å². The van der Waals surface area contributed by atoms with Gasteiger partial charge in [-0.3, -0.25) is 4.79 Å². The Morgan fingerprint density at radius 3 is 2.76 bits per heavy atom. The zero-order chi connectivity index (χ0) is 17.7. The number of nitrogens with zero attached hydrogens (tertiary/aromatic N) is 3. The molecule has 1 aromatic heterocycles. The summed E-state index contributed by atoms with van der Waals surface area (Å²) >= 11 is 0. The van der Waals surface area contributed by atoms with Crippen molar-refractivity contribution >= 4 is 15.9 Å². The van der Waals surface area contributed by atoms with Gasteiger partial charge in [-0.1, -0.05) is 0 Å². The second-order valence-electron chi connectivity index (χ2n) is 7.17. The molecule has 1 amide bonds. The first kappa shape index (κ1) is 17.0. The molecule has 1 atom stereocenters. The van der Waals surface area contributed by atoms with Crippen LogP contribution in [0.3, 0.4) is 0 Å². The molecule has 3 aliphatic rings. The van der Waals surface area contributed by atoms with Gasteiger partial charge in [-0.2, -0.15) is 4.31 Å². The number of fused-ring (bicyclic) bond motifs is 2. The standard InChI is InChI=1S/C16H24N4O4S/c1-25(22,23)20-7-4-12-14(18-11-17-12)16(20)5-8-19(9-6-16)15(21)13-3-2-10-24-13/h11,13H,2-10H2,1H3,(H,17,18)/t13-/m1/s1. The van der Waals surface area contributed by atoms with Gasteiger partial charge in [0, 0.05) is 38.4 Å². The number of ether oxygens (including phenoxy) is 1. The second-order valence-corrected chi connectivity index (χ2v) is 9.08. The Morgan fingerprint density at radius 1 is 1.36 bits per heavy atom. The quantitative estimate of drug-likeness (QED) is 0.806. The number of sulfonamides is 1. The number of likely N-dealkylation sites (tertiary alicyclic amines) is 1. The predicted molar refractivity (Wildman–Crippen MR) is 90.3 cm³/mol. The summed E-state index contributed by atoms with van der Waals surface area (Å²) in [6.07, 6.45) is 6.05. The van der Waals surface area contributed by atoms with Crippen LogP contribution in [0.1, 0.15) is 37.1 Å². The molecule has 0 aromatic carbocycles. The number of nitrogens with one attached hydrogen (secondary N) is 1. The molecule has 0 radical (unpaired) electrons. The number of carbonyl (C=O) groups is 1. The molecule has 0 aliphatic carbocycles. The predicted octanol–water partition coefficient (Wildman–Crippen LogP) is 0.224. The molecule has 2 saturated heterocycles. The summed E-state index contributed by atoms with van der Waals surface area (Å²) in [5.74, 6) is 0.0383. The Hall–Kier alpha value is -1.45. The van der Waals surface area contributed by atoms with Crippen LogP contribution in [-0.2, 0) is 31.5 Å². The first-order valence-electron chi connectivity index (χ1n) is 8.83. The lowest BCUT2D eigenvalue weighted by Crippen LogP contribution is -2.59. The van der Waals surface area contributed by atoms with E-state index in [0.29, 0.717) is 45.5 Å². The van der Waals surface area contributed by atoms with E-state index in [1.165, 1.54) is 6.26 Å². The number of piperidine rings is 1. The minimum Gasteiger partial charge on any atom is -0.368 e. The monoisotopic (exact) mass is 368 g/mol. The van der Waals surface area contributed by atoms with E-state index in [2.05, 4.69) is 9.97 Å². The van der Waals surface area contributed by atoms with E-state index in [0.717, 1.165) is 24.2 Å². The number of carbonyl (C=O) groups excluding carboxylic acids is 1. The molecule has 0 saturated carbocycles. The fourth-order valence-corrected chi connectivity index (χ4v) is 5.83. The molecule has 2 fully saturated rings. The molecule has 0 bridgehead atoms. The number of hydrogen-bond acceptors (Lipinski definition) is 5. The lowest BCUT2D eigenvalue weighted by atomic mass is 9.80. The van der Waals surface area contributed by atoms with Crippen LogP contribution in [0.15, 0.2) is 6.33 Å². The molecule has 1 N–H and O–H groups in total. The maximum absolute atomic E-state index is 12.6. The van der Waals surface area contributed by atoms with E-state index in [1.54, 1.807) is 10.6 Å². The molecule has 8 nitrogen and oxygen atoms in total. The van der Waals surface area contributed by atoms with E-state index < -0.39 is 15.6 Å². The van der Waals surface area contributed by atoms with Gasteiger partial charge in [-0.25, -0.2) is 13.4 Å². The highest BCUT2D eigenvalue weighted by atomic mass is 32.2. The summed E-state index contributed by atoms with van der Waals surface area (Å²) in [6.45, 7) is 2.15. The smallest absolute Gasteiger partial charge is 0.251 e. The van der Waals surface area contributed by atoms with Crippen molar-refractivity contribution < 1.29 is 17.9 Å². The van der Waals surface area contributed by atoms with Crippen LogP contribution in [0.25, 0.3) is 0 Å². The Kier molecular flexibility index (Phi) is 4.12. The average molecular weight is 368 g/mol. The van der Waals surface area contributed by atoms with E-state index >= 15 is 0 Å². The Balaban J connectivity index is 1.59. The molecule has 9 heteroatoms. The molecule has 3 aliphatic heterocycles. The third kappa shape index (κ3) is 2.78. The highest BCUT2D eigenvalue weighted by Gasteiger charge is 2.51. The van der Waals surface area contributed by atoms with Crippen LogP contribution in [0.4, 0.5) is 0 Å². The van der Waals surface area contributed by atoms with Gasteiger partial charge in [0.05, 0.1) is 23.8 Å². The molecule has 0 unspecified atom stereocenters. The summed E-state index contributed by atoms with van der Waals surface area (Å²) < 4.78 is 31.9. The molecular weight excluding hydrogens is 344 g/mol. The topological polar surface area (TPSA) is 95.6 Å². The maximum Gasteiger partial charge on any atom is 0.251 e. The Bertz CT molecular complexity index is 761. The fourth-order valence-electron chi connectivity index (χ4n) is 4.50. The van der Waals surface area contributed by atoms with Crippen LogP contribution < -0.4 is 0 Å². The molecular formula is C16H24N4O4S. The van der Waals surface area contributed by atoms with Crippen LogP contribution in [0, 0.1) is 0 Å². The summed E-state index contributed by atoms with van der Waals surface area (Å²) in [6, 6.07) is 0. The van der Waals surface area contributed by atoms with Crippen molar-refractivity contribution in [3.05, 3.63) is 17.7 Å². The average Bonchev–Trinajstić information content (AvgIpc) is 3.26. The Morgan fingerprint density at radius 2 is 2.12 bits per heavy atom. The summed E-state index contributed by atoms with van der Waals surface area (Å²) in [5, 5.41) is 0. The van der Waals surface area contributed by atoms with Gasteiger partial charge in [-0.15, -0.1) is 0 Å². The molecule has 4 heterocycles. The van der Waals surface area contributed by atoms with Crippen molar-refractivity contribution in [1.29, 1.82) is 0 Å². The summed E-state index contributed by atoms with van der Waals surface area (Å²) in [4.78, 5) is 22.0. The van der Waals surface area contributed by atoms with Gasteiger partial charge in [0.2, 0.25) is 10.0 Å². The molecule has 1 spiro atoms. The van der Waals surface area contributed by atoms with Gasteiger partial charge in [-0.05, 0) is 25.7 Å². The van der Waals surface area contributed by atoms with E-state index in [9.17, 15) is 13.2 Å². The zero-order valence-corrected chi connectivity index (χ0v) is 15.2. The highest BCUT2D eigenvalue weighted by molar-refractivity contribution is 7.88. The number of rotatable bonds is 2. The number of aromatic nitrogens is 2. The molecule has 25 heavy (non-hydrogen) atoms. The Labute approximate surface area is 147 Å². The minimum atomic E-state index is -3.36. The SMILES string of the molecule is CS(=O)(=O)N1CCc2[nH]cnc2C12CCN(C(=O)[C@H]1CCCO1)CC2. The molecule has 138 valence electrons. The van der Waals surface area contributed by atoms with Gasteiger partial charge in [0.25, 0.3) is 5.91 Å². The van der Waals surface area contributed by atoms with Crippen molar-refractivity contribution in [1.82, 2.24) is 19.2 Å². The van der Waals surface area contributed by atoms with Crippen LogP contribution in [-0.4, -0.2) is 72.1 Å². The summed E-state index contributed by atoms with van der Waals surface area (Å²) in [5.41, 5.74) is 1.20. The van der Waals surface area contributed by atoms with Crippen molar-refractivity contribution in [2.75, 3.05) is 32.5 Å². The highest BCUT2D eigenvalue weighted by Crippen LogP contribution is 2.43. The number of amides is 1. The van der Waals surface area contributed by atoms with Gasteiger partial charge >= 0.3 is 0 Å². The van der Waals surface area contributed by atoms with Crippen molar-refractivity contribution in [3.8, 4) is 0 Å².